The molecule has 0 fully saturated rings. The van der Waals surface area contributed by atoms with Gasteiger partial charge in [0.2, 0.25) is 5.91 Å². The highest BCUT2D eigenvalue weighted by molar-refractivity contribution is 7.99. The molecular formula is C24H25N3O3S3. The van der Waals surface area contributed by atoms with E-state index in [-0.39, 0.29) is 11.5 Å². The van der Waals surface area contributed by atoms with Crippen molar-refractivity contribution >= 4 is 50.6 Å². The highest BCUT2D eigenvalue weighted by Crippen LogP contribution is 2.33. The number of thiophene rings is 2. The van der Waals surface area contributed by atoms with E-state index in [1.54, 1.807) is 28.9 Å². The van der Waals surface area contributed by atoms with E-state index in [0.717, 1.165) is 40.1 Å². The standard InChI is InChI=1S/C24H25N3O3S3/c1-15-8-9-17(32-15)12-27(11-16-5-4-10-30-16)21(28)14-31-13-20-25-23(29)22-18-6-2-3-7-19(18)33-24(22)26-20/h4-5,8-10H,2-3,6-7,11-14H2,1H3,(H,25,26,29). The normalized spacial score (nSPS) is 13.4. The van der Waals surface area contributed by atoms with Crippen molar-refractivity contribution in [3.63, 3.8) is 0 Å². The van der Waals surface area contributed by atoms with Gasteiger partial charge in [-0.15, -0.1) is 34.4 Å². The molecule has 1 aliphatic rings. The van der Waals surface area contributed by atoms with Gasteiger partial charge in [0.15, 0.2) is 0 Å². The van der Waals surface area contributed by atoms with Gasteiger partial charge in [0, 0.05) is 14.6 Å². The van der Waals surface area contributed by atoms with Crippen LogP contribution >= 0.6 is 34.4 Å². The Bertz CT molecular complexity index is 1320. The smallest absolute Gasteiger partial charge is 0.259 e. The molecule has 0 saturated carbocycles. The average molecular weight is 500 g/mol. The van der Waals surface area contributed by atoms with E-state index in [1.807, 2.05) is 17.0 Å². The zero-order chi connectivity index (χ0) is 22.8. The van der Waals surface area contributed by atoms with E-state index in [2.05, 4.69) is 24.0 Å². The first kappa shape index (κ1) is 22.4. The minimum atomic E-state index is -0.0474. The van der Waals surface area contributed by atoms with Crippen molar-refractivity contribution in [3.05, 3.63) is 72.7 Å². The number of fused-ring (bicyclic) bond motifs is 3. The molecule has 0 aliphatic heterocycles. The Kier molecular flexibility index (Phi) is 6.71. The Morgan fingerprint density at radius 3 is 2.88 bits per heavy atom. The Morgan fingerprint density at radius 1 is 1.21 bits per heavy atom. The van der Waals surface area contributed by atoms with Crippen LogP contribution in [0.4, 0.5) is 0 Å². The number of rotatable bonds is 8. The summed E-state index contributed by atoms with van der Waals surface area (Å²) >= 11 is 4.83. The van der Waals surface area contributed by atoms with Gasteiger partial charge in [0.05, 0.1) is 36.2 Å². The molecule has 5 rings (SSSR count). The number of aromatic nitrogens is 2. The predicted molar refractivity (Wildman–Crippen MR) is 135 cm³/mol. The summed E-state index contributed by atoms with van der Waals surface area (Å²) in [5, 5.41) is 0.774. The fourth-order valence-electron chi connectivity index (χ4n) is 4.18. The van der Waals surface area contributed by atoms with Gasteiger partial charge in [0.1, 0.15) is 16.4 Å². The number of carbonyl (C=O) groups excluding carboxylic acids is 1. The molecule has 6 nitrogen and oxygen atoms in total. The highest BCUT2D eigenvalue weighted by atomic mass is 32.2. The molecule has 0 saturated heterocycles. The van der Waals surface area contributed by atoms with Gasteiger partial charge in [0.25, 0.3) is 5.56 Å². The third-order valence-electron chi connectivity index (χ3n) is 5.76. The lowest BCUT2D eigenvalue weighted by molar-refractivity contribution is -0.129. The van der Waals surface area contributed by atoms with Crippen LogP contribution in [0.25, 0.3) is 10.2 Å². The number of H-pyrrole nitrogens is 1. The van der Waals surface area contributed by atoms with Crippen LogP contribution in [0.2, 0.25) is 0 Å². The molecule has 0 spiro atoms. The van der Waals surface area contributed by atoms with Gasteiger partial charge in [-0.2, -0.15) is 0 Å². The second-order valence-electron chi connectivity index (χ2n) is 8.24. The fourth-order valence-corrected chi connectivity index (χ4v) is 7.16. The van der Waals surface area contributed by atoms with Gasteiger partial charge in [-0.05, 0) is 62.4 Å². The molecule has 1 amide bonds. The predicted octanol–water partition coefficient (Wildman–Crippen LogP) is 5.29. The van der Waals surface area contributed by atoms with E-state index in [9.17, 15) is 9.59 Å². The van der Waals surface area contributed by atoms with E-state index in [1.165, 1.54) is 33.5 Å². The summed E-state index contributed by atoms with van der Waals surface area (Å²) in [6.07, 6.45) is 5.96. The Hall–Kier alpha value is -2.36. The minimum absolute atomic E-state index is 0.0393. The van der Waals surface area contributed by atoms with Crippen LogP contribution in [0, 0.1) is 6.92 Å². The number of aromatic amines is 1. The third kappa shape index (κ3) is 5.10. The maximum absolute atomic E-state index is 13.1. The SMILES string of the molecule is Cc1ccc(CN(Cc2ccco2)C(=O)CSCc2nc3sc4c(c3c(=O)[nH]2)CCCC4)s1. The topological polar surface area (TPSA) is 79.2 Å². The van der Waals surface area contributed by atoms with Crippen molar-refractivity contribution in [2.75, 3.05) is 5.75 Å². The number of nitrogens with zero attached hydrogens (tertiary/aromatic N) is 2. The summed E-state index contributed by atoms with van der Waals surface area (Å²) in [5.74, 6) is 2.24. The lowest BCUT2D eigenvalue weighted by Gasteiger charge is -2.21. The molecule has 0 radical (unpaired) electrons. The second kappa shape index (κ2) is 9.87. The first-order chi connectivity index (χ1) is 16.1. The van der Waals surface area contributed by atoms with Crippen molar-refractivity contribution in [1.82, 2.24) is 14.9 Å². The number of thioether (sulfide) groups is 1. The molecule has 33 heavy (non-hydrogen) atoms. The molecule has 0 aromatic carbocycles. The summed E-state index contributed by atoms with van der Waals surface area (Å²) < 4.78 is 5.47. The molecular weight excluding hydrogens is 474 g/mol. The molecule has 4 aromatic heterocycles. The van der Waals surface area contributed by atoms with Crippen LogP contribution in [0.3, 0.4) is 0 Å². The fraction of sp³-hybridized carbons (Fsp3) is 0.375. The highest BCUT2D eigenvalue weighted by Gasteiger charge is 2.20. The second-order valence-corrected chi connectivity index (χ2v) is 11.7. The summed E-state index contributed by atoms with van der Waals surface area (Å²) in [4.78, 5) is 39.8. The van der Waals surface area contributed by atoms with Crippen LogP contribution in [0.5, 0.6) is 0 Å². The van der Waals surface area contributed by atoms with Crippen LogP contribution in [-0.4, -0.2) is 26.5 Å². The number of hydrogen-bond acceptors (Lipinski definition) is 7. The van der Waals surface area contributed by atoms with Crippen molar-refractivity contribution in [2.45, 2.75) is 51.4 Å². The Morgan fingerprint density at radius 2 is 2.09 bits per heavy atom. The quantitative estimate of drug-likeness (QED) is 0.356. The maximum Gasteiger partial charge on any atom is 0.259 e. The molecule has 0 unspecified atom stereocenters. The maximum atomic E-state index is 13.1. The summed E-state index contributed by atoms with van der Waals surface area (Å²) in [6.45, 7) is 3.06. The molecule has 0 atom stereocenters. The monoisotopic (exact) mass is 499 g/mol. The van der Waals surface area contributed by atoms with E-state index in [4.69, 9.17) is 9.40 Å². The number of hydrogen-bond donors (Lipinski definition) is 1. The van der Waals surface area contributed by atoms with Crippen molar-refractivity contribution in [3.8, 4) is 0 Å². The van der Waals surface area contributed by atoms with Crippen LogP contribution in [0.15, 0.2) is 39.7 Å². The molecule has 1 aliphatic carbocycles. The van der Waals surface area contributed by atoms with Crippen LogP contribution < -0.4 is 5.56 Å². The van der Waals surface area contributed by atoms with Gasteiger partial charge in [-0.25, -0.2) is 4.98 Å². The van der Waals surface area contributed by atoms with Crippen LogP contribution in [0.1, 0.15) is 44.6 Å². The number of furan rings is 1. The Balaban J connectivity index is 1.25. The lowest BCUT2D eigenvalue weighted by Crippen LogP contribution is -2.31. The summed E-state index contributed by atoms with van der Waals surface area (Å²) in [5.41, 5.74) is 1.15. The van der Waals surface area contributed by atoms with E-state index in [0.29, 0.717) is 30.4 Å². The number of carbonyl (C=O) groups is 1. The molecule has 9 heteroatoms. The first-order valence-electron chi connectivity index (χ1n) is 11.0. The van der Waals surface area contributed by atoms with E-state index >= 15 is 0 Å². The van der Waals surface area contributed by atoms with Crippen molar-refractivity contribution in [1.29, 1.82) is 0 Å². The lowest BCUT2D eigenvalue weighted by atomic mass is 9.97. The minimum Gasteiger partial charge on any atom is -0.467 e. The summed E-state index contributed by atoms with van der Waals surface area (Å²) in [7, 11) is 0. The molecule has 172 valence electrons. The van der Waals surface area contributed by atoms with E-state index < -0.39 is 0 Å². The number of aryl methyl sites for hydroxylation is 3. The molecule has 0 bridgehead atoms. The van der Waals surface area contributed by atoms with Gasteiger partial charge < -0.3 is 14.3 Å². The number of amides is 1. The first-order valence-corrected chi connectivity index (χ1v) is 13.8. The third-order valence-corrected chi connectivity index (χ3v) is 8.86. The zero-order valence-electron chi connectivity index (χ0n) is 18.4. The van der Waals surface area contributed by atoms with Crippen molar-refractivity contribution < 1.29 is 9.21 Å². The van der Waals surface area contributed by atoms with Gasteiger partial charge in [-0.1, -0.05) is 0 Å². The van der Waals surface area contributed by atoms with Gasteiger partial charge in [-0.3, -0.25) is 9.59 Å². The molecule has 4 heterocycles. The number of nitrogens with one attached hydrogen (secondary N) is 1. The van der Waals surface area contributed by atoms with Gasteiger partial charge >= 0.3 is 0 Å². The average Bonchev–Trinajstić information content (AvgIpc) is 3.53. The molecule has 1 N–H and O–H groups in total. The largest absolute Gasteiger partial charge is 0.467 e. The summed E-state index contributed by atoms with van der Waals surface area (Å²) in [6, 6.07) is 7.87. The Labute approximate surface area is 204 Å². The zero-order valence-corrected chi connectivity index (χ0v) is 20.8. The van der Waals surface area contributed by atoms with Crippen LogP contribution in [-0.2, 0) is 36.5 Å². The van der Waals surface area contributed by atoms with Crippen molar-refractivity contribution in [2.24, 2.45) is 0 Å². The molecule has 4 aromatic rings.